The highest BCUT2D eigenvalue weighted by molar-refractivity contribution is 5.91. The molecule has 0 saturated heterocycles. The number of aromatic hydroxyl groups is 1. The minimum Gasteiger partial charge on any atom is -0.508 e. The SMILES string of the molecule is CC(C)(C)OC(=O)N1CCc2cc(O)ccc21.CC(C)(C)OC(=O)N1CCc2cc(OCc3ccc(OCc4ccccc4)c(C(F)(F)F)c3)ccc21.OCc1ccc(OCc2ccccc2)c(C(F)(F)F)c1. The molecule has 388 valence electrons. The second-order valence-corrected chi connectivity index (χ2v) is 19.0. The van der Waals surface area contributed by atoms with Crippen molar-refractivity contribution < 1.29 is 69.8 Å². The van der Waals surface area contributed by atoms with Crippen LogP contribution in [0.15, 0.2) is 133 Å². The summed E-state index contributed by atoms with van der Waals surface area (Å²) in [5.41, 5.74) is 2.79. The van der Waals surface area contributed by atoms with Crippen molar-refractivity contribution in [3.8, 4) is 23.0 Å². The maximum atomic E-state index is 13.7. The van der Waals surface area contributed by atoms with Crippen molar-refractivity contribution in [3.05, 3.63) is 178 Å². The van der Waals surface area contributed by atoms with Gasteiger partial charge in [-0.3, -0.25) is 9.80 Å². The predicted octanol–water partition coefficient (Wildman–Crippen LogP) is 13.6. The van der Waals surface area contributed by atoms with E-state index in [-0.39, 0.29) is 48.7 Å². The van der Waals surface area contributed by atoms with Crippen LogP contribution < -0.4 is 24.0 Å². The smallest absolute Gasteiger partial charge is 0.419 e. The van der Waals surface area contributed by atoms with Crippen LogP contribution in [0.4, 0.5) is 47.3 Å². The van der Waals surface area contributed by atoms with Gasteiger partial charge in [-0.1, -0.05) is 72.8 Å². The third kappa shape index (κ3) is 16.0. The zero-order valence-electron chi connectivity index (χ0n) is 41.3. The fourth-order valence-corrected chi connectivity index (χ4v) is 7.54. The van der Waals surface area contributed by atoms with Crippen LogP contribution in [0, 0.1) is 0 Å². The highest BCUT2D eigenvalue weighted by Crippen LogP contribution is 2.39. The minimum absolute atomic E-state index is 0.0369. The molecule has 0 unspecified atom stereocenters. The van der Waals surface area contributed by atoms with E-state index in [9.17, 15) is 41.0 Å². The highest BCUT2D eigenvalue weighted by atomic mass is 19.4. The van der Waals surface area contributed by atoms with E-state index in [1.807, 2.05) is 59.7 Å². The summed E-state index contributed by atoms with van der Waals surface area (Å²) in [6.45, 7) is 11.7. The summed E-state index contributed by atoms with van der Waals surface area (Å²) in [5.74, 6) is 0.279. The molecular weight excluding hydrogens is 959 g/mol. The zero-order chi connectivity index (χ0) is 53.1. The standard InChI is InChI=1S/C28H28F3NO4.C15H13F3O2.C13H17NO3/c1-27(2,3)36-26(33)32-14-13-21-16-22(10-11-24(21)32)34-18-20-9-12-25(23(15-20)28(29,30)31)35-17-19-7-5-4-6-8-19;16-15(17,18)13-8-12(9-19)6-7-14(13)20-10-11-4-2-1-3-5-11;1-13(2,3)17-12(16)14-7-6-9-8-10(15)4-5-11(9)14/h4-12,15-16H,13-14,17-18H2,1-3H3;1-8,19H,9-10H2;4-5,8,15H,6-7H2,1-3H3. The molecule has 2 heterocycles. The van der Waals surface area contributed by atoms with Gasteiger partial charge in [0.15, 0.2) is 0 Å². The number of nitrogens with zero attached hydrogens (tertiary/aromatic N) is 2. The van der Waals surface area contributed by atoms with Crippen LogP contribution in [0.2, 0.25) is 0 Å². The Bertz CT molecular complexity index is 2810. The summed E-state index contributed by atoms with van der Waals surface area (Å²) < 4.78 is 107. The van der Waals surface area contributed by atoms with Gasteiger partial charge in [-0.25, -0.2) is 9.59 Å². The summed E-state index contributed by atoms with van der Waals surface area (Å²) in [7, 11) is 0. The van der Waals surface area contributed by atoms with E-state index in [2.05, 4.69) is 0 Å². The lowest BCUT2D eigenvalue weighted by Gasteiger charge is -2.24. The summed E-state index contributed by atoms with van der Waals surface area (Å²) in [6, 6.07) is 35.8. The van der Waals surface area contributed by atoms with E-state index in [4.69, 9.17) is 28.8 Å². The summed E-state index contributed by atoms with van der Waals surface area (Å²) in [5, 5.41) is 18.3. The number of halogens is 6. The fourth-order valence-electron chi connectivity index (χ4n) is 7.54. The monoisotopic (exact) mass is 1020 g/mol. The first kappa shape index (κ1) is 54.9. The van der Waals surface area contributed by atoms with Gasteiger partial charge >= 0.3 is 24.5 Å². The normalized spacial score (nSPS) is 13.1. The van der Waals surface area contributed by atoms with E-state index < -0.39 is 47.4 Å². The van der Waals surface area contributed by atoms with Gasteiger partial charge in [0, 0.05) is 13.1 Å². The minimum atomic E-state index is -4.57. The Morgan fingerprint density at radius 3 is 1.38 bits per heavy atom. The Balaban J connectivity index is 0.000000197. The van der Waals surface area contributed by atoms with Crippen molar-refractivity contribution in [3.63, 3.8) is 0 Å². The van der Waals surface area contributed by atoms with Gasteiger partial charge in [0.2, 0.25) is 0 Å². The van der Waals surface area contributed by atoms with Crippen LogP contribution in [-0.4, -0.2) is 46.7 Å². The average Bonchev–Trinajstić information content (AvgIpc) is 3.96. The van der Waals surface area contributed by atoms with Crippen LogP contribution in [0.1, 0.15) is 86.1 Å². The number of hydrogen-bond donors (Lipinski definition) is 2. The third-order valence-corrected chi connectivity index (χ3v) is 10.9. The van der Waals surface area contributed by atoms with Gasteiger partial charge in [-0.2, -0.15) is 26.3 Å². The van der Waals surface area contributed by atoms with Gasteiger partial charge in [-0.15, -0.1) is 0 Å². The second-order valence-electron chi connectivity index (χ2n) is 19.0. The number of aliphatic hydroxyl groups is 1. The molecule has 2 aliphatic heterocycles. The molecule has 0 radical (unpaired) electrons. The maximum absolute atomic E-state index is 13.7. The first-order valence-corrected chi connectivity index (χ1v) is 23.3. The first-order chi connectivity index (χ1) is 34.4. The number of aliphatic hydroxyl groups excluding tert-OH is 1. The van der Waals surface area contributed by atoms with Crippen molar-refractivity contribution in [1.29, 1.82) is 0 Å². The molecule has 8 rings (SSSR count). The number of rotatable bonds is 10. The van der Waals surface area contributed by atoms with Crippen LogP contribution in [0.25, 0.3) is 0 Å². The van der Waals surface area contributed by atoms with E-state index in [0.717, 1.165) is 52.2 Å². The molecule has 6 aromatic carbocycles. The summed E-state index contributed by atoms with van der Waals surface area (Å²) >= 11 is 0. The van der Waals surface area contributed by atoms with Crippen LogP contribution in [0.3, 0.4) is 0 Å². The van der Waals surface area contributed by atoms with Crippen molar-refractivity contribution in [1.82, 2.24) is 0 Å². The van der Waals surface area contributed by atoms with Gasteiger partial charge in [0.05, 0.1) is 29.1 Å². The Kier molecular flexibility index (Phi) is 17.6. The molecule has 11 nitrogen and oxygen atoms in total. The molecular formula is C56H58F6N2O9. The number of carbonyl (C=O) groups is 2. The molecule has 6 aromatic rings. The average molecular weight is 1020 g/mol. The molecule has 0 bridgehead atoms. The van der Waals surface area contributed by atoms with E-state index in [1.165, 1.54) is 18.2 Å². The lowest BCUT2D eigenvalue weighted by molar-refractivity contribution is -0.140. The van der Waals surface area contributed by atoms with Crippen molar-refractivity contribution in [2.24, 2.45) is 0 Å². The number of benzene rings is 6. The molecule has 0 saturated carbocycles. The Hall–Kier alpha value is -7.40. The Morgan fingerprint density at radius 2 is 0.932 bits per heavy atom. The number of fused-ring (bicyclic) bond motifs is 2. The maximum Gasteiger partial charge on any atom is 0.419 e. The van der Waals surface area contributed by atoms with Crippen molar-refractivity contribution in [2.45, 2.75) is 104 Å². The van der Waals surface area contributed by atoms with E-state index in [0.29, 0.717) is 30.8 Å². The Morgan fingerprint density at radius 1 is 0.507 bits per heavy atom. The molecule has 2 amide bonds. The van der Waals surface area contributed by atoms with Gasteiger partial charge < -0.3 is 33.9 Å². The highest BCUT2D eigenvalue weighted by Gasteiger charge is 2.36. The Labute approximate surface area is 420 Å². The van der Waals surface area contributed by atoms with Gasteiger partial charge in [-0.05, 0) is 148 Å². The fraction of sp³-hybridized carbons (Fsp3) is 0.321. The molecule has 73 heavy (non-hydrogen) atoms. The van der Waals surface area contributed by atoms with E-state index >= 15 is 0 Å². The van der Waals surface area contributed by atoms with Gasteiger partial charge in [0.25, 0.3) is 0 Å². The lowest BCUT2D eigenvalue weighted by atomic mass is 10.1. The number of amides is 2. The number of carbonyl (C=O) groups excluding carboxylic acids is 2. The summed E-state index contributed by atoms with van der Waals surface area (Å²) in [4.78, 5) is 27.6. The molecule has 2 N–H and O–H groups in total. The van der Waals surface area contributed by atoms with Crippen LogP contribution in [0.5, 0.6) is 23.0 Å². The number of hydrogen-bond acceptors (Lipinski definition) is 9. The molecule has 0 fully saturated rings. The largest absolute Gasteiger partial charge is 0.508 e. The lowest BCUT2D eigenvalue weighted by Crippen LogP contribution is -2.35. The van der Waals surface area contributed by atoms with E-state index in [1.54, 1.807) is 94.7 Å². The van der Waals surface area contributed by atoms with Crippen LogP contribution in [-0.2, 0) is 61.1 Å². The number of ether oxygens (including phenoxy) is 5. The zero-order valence-corrected chi connectivity index (χ0v) is 41.3. The molecule has 0 aromatic heterocycles. The number of phenolic OH excluding ortho intramolecular Hbond substituents is 1. The van der Waals surface area contributed by atoms with Crippen molar-refractivity contribution >= 4 is 23.6 Å². The van der Waals surface area contributed by atoms with Gasteiger partial charge in [0.1, 0.15) is 54.0 Å². The number of anilines is 2. The molecule has 2 aliphatic rings. The first-order valence-electron chi connectivity index (χ1n) is 23.3. The number of phenols is 1. The molecule has 0 spiro atoms. The molecule has 17 heteroatoms. The topological polar surface area (TPSA) is 127 Å². The molecule has 0 atom stereocenters. The predicted molar refractivity (Wildman–Crippen MR) is 264 cm³/mol. The quantitative estimate of drug-likeness (QED) is 0.129. The number of alkyl halides is 6. The third-order valence-electron chi connectivity index (χ3n) is 10.9. The van der Waals surface area contributed by atoms with Crippen LogP contribution >= 0.6 is 0 Å². The summed E-state index contributed by atoms with van der Waals surface area (Å²) in [6.07, 6.45) is -8.44. The van der Waals surface area contributed by atoms with Crippen molar-refractivity contribution in [2.75, 3.05) is 22.9 Å². The second kappa shape index (κ2) is 23.4. The molecule has 0 aliphatic carbocycles.